The van der Waals surface area contributed by atoms with Gasteiger partial charge < -0.3 is 14.3 Å². The first-order valence-corrected chi connectivity index (χ1v) is 22.1. The first kappa shape index (κ1) is 39.9. The monoisotopic (exact) mass is 804 g/mol. The Bertz CT molecular complexity index is 2390. The predicted octanol–water partition coefficient (Wildman–Crippen LogP) is 8.72. The van der Waals surface area contributed by atoms with Crippen molar-refractivity contribution in [1.29, 1.82) is 0 Å². The second-order valence-electron chi connectivity index (χ2n) is 16.7. The highest BCUT2D eigenvalue weighted by Gasteiger charge is 2.58. The van der Waals surface area contributed by atoms with Crippen molar-refractivity contribution in [1.82, 2.24) is 0 Å². The minimum Gasteiger partial charge on any atom is -0.507 e. The highest BCUT2D eigenvalue weighted by Crippen LogP contribution is 2.51. The number of fused-ring (bicyclic) bond motifs is 3. The van der Waals surface area contributed by atoms with E-state index in [-0.39, 0.29) is 59.2 Å². The third-order valence-electron chi connectivity index (χ3n) is 12.3. The molecule has 4 atom stereocenters. The highest BCUT2D eigenvalue weighted by molar-refractivity contribution is 6.99. The van der Waals surface area contributed by atoms with Crippen molar-refractivity contribution in [2.24, 2.45) is 17.8 Å². The Kier molecular flexibility index (Phi) is 11.1. The molecule has 2 saturated heterocycles. The Morgan fingerprint density at radius 3 is 2.10 bits per heavy atom. The molecule has 1 N–H and O–H groups in total. The van der Waals surface area contributed by atoms with Gasteiger partial charge in [-0.3, -0.25) is 19.7 Å². The number of hydrogen-bond acceptors (Lipinski definition) is 7. The fraction of sp³-hybridized carbons (Fsp3) is 0.265. The smallest absolute Gasteiger partial charge is 0.271 e. The van der Waals surface area contributed by atoms with E-state index in [1.54, 1.807) is 18.2 Å². The highest BCUT2D eigenvalue weighted by atomic mass is 28.4. The third-order valence-corrected chi connectivity index (χ3v) is 17.3. The molecule has 5 aromatic rings. The fourth-order valence-corrected chi connectivity index (χ4v) is 14.1. The number of benzene rings is 5. The first-order valence-electron chi connectivity index (χ1n) is 20.2. The second kappa shape index (κ2) is 16.4. The molecule has 0 radical (unpaired) electrons. The number of nitro groups is 1. The van der Waals surface area contributed by atoms with Crippen LogP contribution in [0.5, 0.6) is 5.75 Å². The van der Waals surface area contributed by atoms with Crippen LogP contribution in [-0.4, -0.2) is 49.5 Å². The molecule has 2 heterocycles. The number of phenolic OH excluding ortho intramolecular Hbond substituents is 1. The Labute approximate surface area is 345 Å². The van der Waals surface area contributed by atoms with Crippen molar-refractivity contribution in [3.63, 3.8) is 0 Å². The van der Waals surface area contributed by atoms with Gasteiger partial charge in [0.15, 0.2) is 0 Å². The number of ether oxygens (including phenoxy) is 1. The van der Waals surface area contributed by atoms with Gasteiger partial charge in [0.2, 0.25) is 11.8 Å². The van der Waals surface area contributed by atoms with E-state index in [2.05, 4.69) is 81.4 Å². The largest absolute Gasteiger partial charge is 0.507 e. The number of nitrogens with zero attached hydrogens (tertiary/aromatic N) is 2. The molecule has 2 amide bonds. The van der Waals surface area contributed by atoms with Crippen molar-refractivity contribution < 1.29 is 28.8 Å². The number of anilines is 1. The summed E-state index contributed by atoms with van der Waals surface area (Å²) in [5.74, 6) is -2.25. The molecule has 2 aliphatic heterocycles. The lowest BCUT2D eigenvalue weighted by atomic mass is 9.69. The maximum Gasteiger partial charge on any atom is 0.271 e. The summed E-state index contributed by atoms with van der Waals surface area (Å²) < 4.78 is 14.2. The van der Waals surface area contributed by atoms with Crippen LogP contribution in [-0.2, 0) is 18.8 Å². The maximum absolute atomic E-state index is 14.5. The zero-order valence-electron chi connectivity index (χ0n) is 33.5. The molecule has 5 aromatic carbocycles. The number of carbonyl (C=O) groups is 2. The van der Waals surface area contributed by atoms with E-state index in [9.17, 15) is 24.8 Å². The number of carbonyl (C=O) groups excluding carboxylic acids is 2. The van der Waals surface area contributed by atoms with Gasteiger partial charge in [0.25, 0.3) is 14.0 Å². The molecule has 2 fully saturated rings. The van der Waals surface area contributed by atoms with E-state index < -0.39 is 25.1 Å². The zero-order chi connectivity index (χ0) is 41.3. The van der Waals surface area contributed by atoms with Crippen molar-refractivity contribution in [3.8, 4) is 5.75 Å². The number of non-ortho nitro benzene ring substituents is 1. The molecule has 3 aliphatic rings. The van der Waals surface area contributed by atoms with Crippen molar-refractivity contribution >= 4 is 53.5 Å². The van der Waals surface area contributed by atoms with Gasteiger partial charge in [-0.15, -0.1) is 0 Å². The molecule has 0 saturated carbocycles. The Hall–Kier alpha value is -5.94. The molecule has 0 bridgehead atoms. The number of imide groups is 1. The average molecular weight is 805 g/mol. The summed E-state index contributed by atoms with van der Waals surface area (Å²) in [5, 5.41) is 24.4. The number of amides is 2. The van der Waals surface area contributed by atoms with Gasteiger partial charge >= 0.3 is 0 Å². The number of para-hydroxylation sites is 1. The molecule has 9 nitrogen and oxygen atoms in total. The fourth-order valence-electron chi connectivity index (χ4n) is 9.60. The quantitative estimate of drug-likeness (QED) is 0.0335. The lowest BCUT2D eigenvalue weighted by Crippen LogP contribution is -2.66. The number of allylic oxidation sites excluding steroid dienone is 1. The van der Waals surface area contributed by atoms with Crippen LogP contribution in [0, 0.1) is 27.9 Å². The SMILES string of the molecule is CC(C)(C)[Si](OCC1=C2[C@@H](CC/C(=C/c3ccccc3O)c3ccccc3)OC[C@@H]2[C@@H]2C(=O)N(c3cccc([N+](=O)[O-])c3)C(=O)[C@@H]2C1)(c1ccccc1)c1ccccc1. The third kappa shape index (κ3) is 7.48. The van der Waals surface area contributed by atoms with Crippen LogP contribution in [0.2, 0.25) is 5.04 Å². The summed E-state index contributed by atoms with van der Waals surface area (Å²) in [6.45, 7) is 7.21. The van der Waals surface area contributed by atoms with Gasteiger partial charge in [-0.2, -0.15) is 0 Å². The van der Waals surface area contributed by atoms with E-state index in [4.69, 9.17) is 9.16 Å². The molecule has 0 spiro atoms. The standard InChI is InChI=1S/C49H48N2O7Si/c1-49(2,3)59(39-21-9-5-10-22-39,40-23-11-6-12-24-40)58-31-36-29-41-46(48(54)50(47(41)53)37-19-15-20-38(30-37)51(55)56)42-32-57-44(45(36)42)27-26-34(33-16-7-4-8-17-33)28-35-18-13-14-25-43(35)52/h4-25,28,30,41-42,44,46,52H,26-27,29,31-32H2,1-3H3/b34-28-/t41-,42+,44-,46-/m1/s1. The van der Waals surface area contributed by atoms with E-state index in [0.29, 0.717) is 24.8 Å². The number of phenols is 1. The van der Waals surface area contributed by atoms with Crippen molar-refractivity contribution in [3.05, 3.63) is 172 Å². The summed E-state index contributed by atoms with van der Waals surface area (Å²) in [4.78, 5) is 41.3. The Morgan fingerprint density at radius 1 is 0.847 bits per heavy atom. The lowest BCUT2D eigenvalue weighted by molar-refractivity contribution is -0.384. The maximum atomic E-state index is 14.5. The Morgan fingerprint density at radius 2 is 1.47 bits per heavy atom. The van der Waals surface area contributed by atoms with Crippen LogP contribution in [0.3, 0.4) is 0 Å². The summed E-state index contributed by atoms with van der Waals surface area (Å²) in [6, 6.07) is 43.9. The normalized spacial score (nSPS) is 20.8. The molecule has 59 heavy (non-hydrogen) atoms. The summed E-state index contributed by atoms with van der Waals surface area (Å²) in [5.41, 5.74) is 4.77. The summed E-state index contributed by atoms with van der Waals surface area (Å²) >= 11 is 0. The van der Waals surface area contributed by atoms with Gasteiger partial charge in [0, 0.05) is 23.6 Å². The van der Waals surface area contributed by atoms with Crippen LogP contribution in [0.15, 0.2) is 151 Å². The van der Waals surface area contributed by atoms with Crippen LogP contribution in [0.25, 0.3) is 11.6 Å². The number of hydrogen-bond donors (Lipinski definition) is 1. The molecule has 10 heteroatoms. The van der Waals surface area contributed by atoms with E-state index in [1.165, 1.54) is 18.2 Å². The van der Waals surface area contributed by atoms with Gasteiger partial charge in [-0.05, 0) is 75.2 Å². The summed E-state index contributed by atoms with van der Waals surface area (Å²) in [6.07, 6.45) is 3.18. The lowest BCUT2D eigenvalue weighted by Gasteiger charge is -2.44. The number of aromatic hydroxyl groups is 1. The van der Waals surface area contributed by atoms with Crippen molar-refractivity contribution in [2.45, 2.75) is 51.2 Å². The molecule has 0 aromatic heterocycles. The topological polar surface area (TPSA) is 119 Å². The first-order chi connectivity index (χ1) is 28.5. The van der Waals surface area contributed by atoms with E-state index in [1.807, 2.05) is 48.5 Å². The minimum absolute atomic E-state index is 0.188. The predicted molar refractivity (Wildman–Crippen MR) is 233 cm³/mol. The molecular weight excluding hydrogens is 757 g/mol. The zero-order valence-corrected chi connectivity index (χ0v) is 34.5. The second-order valence-corrected chi connectivity index (χ2v) is 21.0. The van der Waals surface area contributed by atoms with Crippen LogP contribution in [0.4, 0.5) is 11.4 Å². The molecule has 8 rings (SSSR count). The van der Waals surface area contributed by atoms with Crippen molar-refractivity contribution in [2.75, 3.05) is 18.1 Å². The van der Waals surface area contributed by atoms with Gasteiger partial charge in [0.05, 0.1) is 41.8 Å². The minimum atomic E-state index is -3.01. The molecule has 0 unspecified atom stereocenters. The molecule has 1 aliphatic carbocycles. The van der Waals surface area contributed by atoms with Gasteiger partial charge in [-0.1, -0.05) is 136 Å². The van der Waals surface area contributed by atoms with E-state index >= 15 is 0 Å². The molecular formula is C49H48N2O7Si. The Balaban J connectivity index is 1.20. The van der Waals surface area contributed by atoms with Crippen LogP contribution >= 0.6 is 0 Å². The number of rotatable bonds is 12. The summed E-state index contributed by atoms with van der Waals surface area (Å²) in [7, 11) is -3.01. The number of nitro benzene ring substituents is 1. The van der Waals surface area contributed by atoms with Gasteiger partial charge in [0.1, 0.15) is 5.75 Å². The van der Waals surface area contributed by atoms with E-state index in [0.717, 1.165) is 37.6 Å². The average Bonchev–Trinajstić information content (AvgIpc) is 3.78. The van der Waals surface area contributed by atoms with Crippen LogP contribution < -0.4 is 15.3 Å². The van der Waals surface area contributed by atoms with Gasteiger partial charge in [-0.25, -0.2) is 4.90 Å². The molecule has 300 valence electrons. The van der Waals surface area contributed by atoms with Crippen LogP contribution in [0.1, 0.15) is 51.2 Å².